The van der Waals surface area contributed by atoms with Crippen LogP contribution in [0.15, 0.2) is 4.99 Å². The van der Waals surface area contributed by atoms with Crippen molar-refractivity contribution in [3.8, 4) is 0 Å². The number of aromatic nitrogens is 1. The lowest BCUT2D eigenvalue weighted by atomic mass is 9.96. The monoisotopic (exact) mass is 280 g/mol. The molecule has 0 radical (unpaired) electrons. The fourth-order valence-electron chi connectivity index (χ4n) is 2.42. The number of thiazole rings is 1. The van der Waals surface area contributed by atoms with E-state index in [2.05, 4.69) is 29.1 Å². The van der Waals surface area contributed by atoms with Crippen molar-refractivity contribution in [2.75, 3.05) is 6.54 Å². The van der Waals surface area contributed by atoms with Gasteiger partial charge < -0.3 is 11.1 Å². The van der Waals surface area contributed by atoms with E-state index in [4.69, 9.17) is 5.73 Å². The summed E-state index contributed by atoms with van der Waals surface area (Å²) in [5, 5.41) is 4.49. The van der Waals surface area contributed by atoms with E-state index in [0.29, 0.717) is 12.0 Å². The smallest absolute Gasteiger partial charge is 0.188 e. The number of hydrogen-bond acceptors (Lipinski definition) is 3. The topological polar surface area (TPSA) is 63.3 Å². The molecule has 0 aliphatic heterocycles. The van der Waals surface area contributed by atoms with Crippen LogP contribution in [-0.4, -0.2) is 23.5 Å². The summed E-state index contributed by atoms with van der Waals surface area (Å²) < 4.78 is 0. The van der Waals surface area contributed by atoms with E-state index in [0.717, 1.165) is 23.7 Å². The molecular weight excluding hydrogens is 256 g/mol. The van der Waals surface area contributed by atoms with Gasteiger partial charge in [-0.3, -0.25) is 4.99 Å². The molecule has 1 saturated carbocycles. The summed E-state index contributed by atoms with van der Waals surface area (Å²) in [6.45, 7) is 4.88. The van der Waals surface area contributed by atoms with E-state index in [9.17, 15) is 0 Å². The molecule has 1 aliphatic rings. The van der Waals surface area contributed by atoms with Crippen molar-refractivity contribution in [2.45, 2.75) is 58.4 Å². The first-order valence-electron chi connectivity index (χ1n) is 7.14. The van der Waals surface area contributed by atoms with E-state index >= 15 is 0 Å². The van der Waals surface area contributed by atoms with Crippen molar-refractivity contribution in [2.24, 2.45) is 10.7 Å². The second-order valence-electron chi connectivity index (χ2n) is 5.25. The van der Waals surface area contributed by atoms with Gasteiger partial charge in [0.05, 0.1) is 10.7 Å². The lowest BCUT2D eigenvalue weighted by Crippen LogP contribution is -2.41. The van der Waals surface area contributed by atoms with Gasteiger partial charge in [-0.15, -0.1) is 11.3 Å². The summed E-state index contributed by atoms with van der Waals surface area (Å²) in [5.74, 6) is 0.594. The summed E-state index contributed by atoms with van der Waals surface area (Å²) >= 11 is 1.76. The molecule has 2 rings (SSSR count). The molecule has 0 amide bonds. The number of aliphatic imine (C=N–C) groups is 1. The van der Waals surface area contributed by atoms with E-state index < -0.39 is 0 Å². The highest BCUT2D eigenvalue weighted by Crippen LogP contribution is 2.17. The van der Waals surface area contributed by atoms with E-state index in [1.807, 2.05) is 0 Å². The Bertz CT molecular complexity index is 413. The summed E-state index contributed by atoms with van der Waals surface area (Å²) in [4.78, 5) is 10.2. The van der Waals surface area contributed by atoms with Crippen LogP contribution in [0.2, 0.25) is 0 Å². The van der Waals surface area contributed by atoms with Crippen LogP contribution in [0.25, 0.3) is 0 Å². The molecule has 19 heavy (non-hydrogen) atoms. The van der Waals surface area contributed by atoms with Crippen molar-refractivity contribution in [1.82, 2.24) is 10.3 Å². The summed E-state index contributed by atoms with van der Waals surface area (Å²) in [5.41, 5.74) is 7.06. The van der Waals surface area contributed by atoms with Gasteiger partial charge in [-0.05, 0) is 26.7 Å². The Morgan fingerprint density at radius 2 is 2.11 bits per heavy atom. The first-order chi connectivity index (χ1) is 9.15. The zero-order valence-corrected chi connectivity index (χ0v) is 12.7. The van der Waals surface area contributed by atoms with E-state index in [1.165, 1.54) is 37.0 Å². The molecule has 1 heterocycles. The first kappa shape index (κ1) is 14.3. The van der Waals surface area contributed by atoms with Crippen LogP contribution in [0.5, 0.6) is 0 Å². The largest absolute Gasteiger partial charge is 0.370 e. The van der Waals surface area contributed by atoms with Gasteiger partial charge in [-0.25, -0.2) is 4.98 Å². The van der Waals surface area contributed by atoms with Crippen molar-refractivity contribution >= 4 is 17.3 Å². The fraction of sp³-hybridized carbons (Fsp3) is 0.714. The molecule has 106 valence electrons. The fourth-order valence-corrected chi connectivity index (χ4v) is 3.34. The zero-order chi connectivity index (χ0) is 13.7. The van der Waals surface area contributed by atoms with Gasteiger partial charge in [0.2, 0.25) is 0 Å². The molecule has 0 spiro atoms. The molecule has 1 aliphatic carbocycles. The number of nitrogens with two attached hydrogens (primary N) is 1. The molecule has 1 aromatic rings. The van der Waals surface area contributed by atoms with Crippen LogP contribution in [-0.2, 0) is 6.42 Å². The Morgan fingerprint density at radius 1 is 1.37 bits per heavy atom. The second kappa shape index (κ2) is 6.89. The van der Waals surface area contributed by atoms with Gasteiger partial charge in [0.15, 0.2) is 5.96 Å². The summed E-state index contributed by atoms with van der Waals surface area (Å²) in [6, 6.07) is 0.529. The molecule has 0 atom stereocenters. The van der Waals surface area contributed by atoms with Crippen LogP contribution in [0, 0.1) is 13.8 Å². The SMILES string of the molecule is Cc1nc(CCN=C(N)NC2CCCCC2)sc1C. The maximum Gasteiger partial charge on any atom is 0.188 e. The van der Waals surface area contributed by atoms with Crippen LogP contribution in [0.4, 0.5) is 0 Å². The Hall–Kier alpha value is -1.10. The standard InChI is InChI=1S/C14H24N4S/c1-10-11(2)19-13(17-10)8-9-16-14(15)18-12-6-4-3-5-7-12/h12H,3-9H2,1-2H3,(H3,15,16,18). The Morgan fingerprint density at radius 3 is 2.74 bits per heavy atom. The Kier molecular flexibility index (Phi) is 5.19. The third-order valence-corrected chi connectivity index (χ3v) is 4.77. The van der Waals surface area contributed by atoms with Gasteiger partial charge in [0.1, 0.15) is 0 Å². The number of nitrogens with one attached hydrogen (secondary N) is 1. The molecule has 1 fully saturated rings. The Labute approximate surface area is 119 Å². The molecule has 4 nitrogen and oxygen atoms in total. The summed E-state index contributed by atoms with van der Waals surface area (Å²) in [6.07, 6.45) is 7.30. The highest BCUT2D eigenvalue weighted by Gasteiger charge is 2.13. The minimum atomic E-state index is 0.529. The maximum absolute atomic E-state index is 5.93. The number of rotatable bonds is 4. The van der Waals surface area contributed by atoms with Crippen molar-refractivity contribution in [1.29, 1.82) is 0 Å². The highest BCUT2D eigenvalue weighted by molar-refractivity contribution is 7.11. The number of guanidine groups is 1. The first-order valence-corrected chi connectivity index (χ1v) is 7.96. The number of hydrogen-bond donors (Lipinski definition) is 2. The van der Waals surface area contributed by atoms with Crippen molar-refractivity contribution < 1.29 is 0 Å². The second-order valence-corrected chi connectivity index (χ2v) is 6.53. The molecular formula is C14H24N4S. The lowest BCUT2D eigenvalue weighted by Gasteiger charge is -2.23. The van der Waals surface area contributed by atoms with E-state index in [-0.39, 0.29) is 0 Å². The van der Waals surface area contributed by atoms with E-state index in [1.54, 1.807) is 11.3 Å². The molecule has 0 unspecified atom stereocenters. The van der Waals surface area contributed by atoms with Crippen LogP contribution in [0.3, 0.4) is 0 Å². The van der Waals surface area contributed by atoms with Crippen molar-refractivity contribution in [3.63, 3.8) is 0 Å². The van der Waals surface area contributed by atoms with Gasteiger partial charge in [0.25, 0.3) is 0 Å². The minimum absolute atomic E-state index is 0.529. The quantitative estimate of drug-likeness (QED) is 0.658. The molecule has 5 heteroatoms. The molecule has 3 N–H and O–H groups in total. The Balaban J connectivity index is 1.74. The normalized spacial score (nSPS) is 17.7. The van der Waals surface area contributed by atoms with Gasteiger partial charge in [-0.1, -0.05) is 19.3 Å². The van der Waals surface area contributed by atoms with Crippen molar-refractivity contribution in [3.05, 3.63) is 15.6 Å². The molecule has 1 aromatic heterocycles. The lowest BCUT2D eigenvalue weighted by molar-refractivity contribution is 0.412. The summed E-state index contributed by atoms with van der Waals surface area (Å²) in [7, 11) is 0. The number of aryl methyl sites for hydroxylation is 2. The molecule has 0 bridgehead atoms. The predicted octanol–water partition coefficient (Wildman–Crippen LogP) is 2.54. The third-order valence-electron chi connectivity index (χ3n) is 3.64. The number of nitrogens with zero attached hydrogens (tertiary/aromatic N) is 2. The van der Waals surface area contributed by atoms with Gasteiger partial charge in [-0.2, -0.15) is 0 Å². The van der Waals surface area contributed by atoms with Gasteiger partial charge in [0, 0.05) is 23.9 Å². The van der Waals surface area contributed by atoms with Crippen LogP contribution < -0.4 is 11.1 Å². The zero-order valence-electron chi connectivity index (χ0n) is 11.9. The molecule has 0 saturated heterocycles. The average Bonchev–Trinajstić information content (AvgIpc) is 2.70. The van der Waals surface area contributed by atoms with Crippen LogP contribution in [0.1, 0.15) is 47.7 Å². The highest BCUT2D eigenvalue weighted by atomic mass is 32.1. The molecule has 0 aromatic carbocycles. The minimum Gasteiger partial charge on any atom is -0.370 e. The maximum atomic E-state index is 5.93. The third kappa shape index (κ3) is 4.49. The predicted molar refractivity (Wildman–Crippen MR) is 81.8 cm³/mol. The van der Waals surface area contributed by atoms with Crippen LogP contribution >= 0.6 is 11.3 Å². The van der Waals surface area contributed by atoms with Gasteiger partial charge >= 0.3 is 0 Å². The average molecular weight is 280 g/mol.